The Morgan fingerprint density at radius 2 is 2.11 bits per heavy atom. The van der Waals surface area contributed by atoms with E-state index in [4.69, 9.17) is 15.2 Å². The molecule has 1 aliphatic heterocycles. The summed E-state index contributed by atoms with van der Waals surface area (Å²) >= 11 is 0. The number of hydrogen-bond donors (Lipinski definition) is 1. The zero-order valence-corrected chi connectivity index (χ0v) is 11.5. The average Bonchev–Trinajstić information content (AvgIpc) is 2.27. The molecular formula is C15H23NO2. The Morgan fingerprint density at radius 1 is 1.39 bits per heavy atom. The van der Waals surface area contributed by atoms with E-state index in [0.717, 1.165) is 25.4 Å². The molecule has 3 heteroatoms. The van der Waals surface area contributed by atoms with E-state index in [9.17, 15) is 0 Å². The van der Waals surface area contributed by atoms with Crippen LogP contribution in [0.2, 0.25) is 0 Å². The van der Waals surface area contributed by atoms with Crippen LogP contribution < -0.4 is 10.5 Å². The third kappa shape index (κ3) is 2.02. The third-order valence-corrected chi connectivity index (χ3v) is 4.38. The van der Waals surface area contributed by atoms with Gasteiger partial charge in [-0.1, -0.05) is 26.0 Å². The average molecular weight is 249 g/mol. The molecule has 1 fully saturated rings. The Labute approximate surface area is 109 Å². The predicted octanol–water partition coefficient (Wildman–Crippen LogP) is 2.34. The van der Waals surface area contributed by atoms with Crippen LogP contribution in [-0.2, 0) is 10.2 Å². The van der Waals surface area contributed by atoms with Crippen LogP contribution in [0, 0.1) is 5.41 Å². The van der Waals surface area contributed by atoms with E-state index in [1.165, 1.54) is 5.56 Å². The van der Waals surface area contributed by atoms with Crippen molar-refractivity contribution in [1.29, 1.82) is 0 Å². The van der Waals surface area contributed by atoms with E-state index in [1.807, 2.05) is 12.1 Å². The molecule has 3 nitrogen and oxygen atoms in total. The van der Waals surface area contributed by atoms with Crippen molar-refractivity contribution in [2.24, 2.45) is 11.1 Å². The van der Waals surface area contributed by atoms with Gasteiger partial charge in [0.2, 0.25) is 0 Å². The first-order valence-electron chi connectivity index (χ1n) is 6.48. The lowest BCUT2D eigenvalue weighted by molar-refractivity contribution is -0.121. The van der Waals surface area contributed by atoms with Crippen molar-refractivity contribution >= 4 is 0 Å². The molecule has 1 aromatic carbocycles. The fraction of sp³-hybridized carbons (Fsp3) is 0.600. The maximum Gasteiger partial charge on any atom is 0.119 e. The van der Waals surface area contributed by atoms with Gasteiger partial charge in [-0.3, -0.25) is 0 Å². The Morgan fingerprint density at radius 3 is 2.61 bits per heavy atom. The van der Waals surface area contributed by atoms with Gasteiger partial charge in [0.05, 0.1) is 20.3 Å². The van der Waals surface area contributed by atoms with Crippen LogP contribution in [0.5, 0.6) is 5.75 Å². The van der Waals surface area contributed by atoms with Crippen LogP contribution in [0.3, 0.4) is 0 Å². The molecule has 0 atom stereocenters. The largest absolute Gasteiger partial charge is 0.497 e. The highest BCUT2D eigenvalue weighted by molar-refractivity contribution is 5.37. The van der Waals surface area contributed by atoms with Gasteiger partial charge in [-0.2, -0.15) is 0 Å². The van der Waals surface area contributed by atoms with Crippen LogP contribution in [0.25, 0.3) is 0 Å². The van der Waals surface area contributed by atoms with Crippen molar-refractivity contribution < 1.29 is 9.47 Å². The quantitative estimate of drug-likeness (QED) is 0.871. The highest BCUT2D eigenvalue weighted by Crippen LogP contribution is 2.49. The van der Waals surface area contributed by atoms with Gasteiger partial charge in [-0.25, -0.2) is 0 Å². The van der Waals surface area contributed by atoms with Crippen molar-refractivity contribution in [1.82, 2.24) is 0 Å². The zero-order valence-electron chi connectivity index (χ0n) is 11.5. The Bertz CT molecular complexity index is 411. The van der Waals surface area contributed by atoms with Gasteiger partial charge in [0.25, 0.3) is 0 Å². The summed E-state index contributed by atoms with van der Waals surface area (Å²) in [4.78, 5) is 0. The van der Waals surface area contributed by atoms with Crippen LogP contribution in [0.1, 0.15) is 25.8 Å². The zero-order chi connectivity index (χ0) is 13.2. The van der Waals surface area contributed by atoms with E-state index < -0.39 is 0 Å². The van der Waals surface area contributed by atoms with Gasteiger partial charge >= 0.3 is 0 Å². The molecule has 2 N–H and O–H groups in total. The molecule has 0 aromatic heterocycles. The number of nitrogens with two attached hydrogens (primary N) is 1. The summed E-state index contributed by atoms with van der Waals surface area (Å²) in [6.45, 7) is 6.81. The van der Waals surface area contributed by atoms with Gasteiger partial charge in [-0.15, -0.1) is 0 Å². The summed E-state index contributed by atoms with van der Waals surface area (Å²) in [5.74, 6) is 0.905. The molecule has 0 amide bonds. The highest BCUT2D eigenvalue weighted by Gasteiger charge is 2.51. The van der Waals surface area contributed by atoms with E-state index in [2.05, 4.69) is 26.0 Å². The second-order valence-electron chi connectivity index (χ2n) is 5.73. The lowest BCUT2D eigenvalue weighted by Gasteiger charge is -2.53. The first-order valence-corrected chi connectivity index (χ1v) is 6.48. The molecule has 1 heterocycles. The Balaban J connectivity index is 2.37. The van der Waals surface area contributed by atoms with Crippen LogP contribution in [0.15, 0.2) is 24.3 Å². The van der Waals surface area contributed by atoms with Gasteiger partial charge < -0.3 is 15.2 Å². The topological polar surface area (TPSA) is 44.5 Å². The molecule has 1 saturated heterocycles. The second-order valence-corrected chi connectivity index (χ2v) is 5.73. The minimum Gasteiger partial charge on any atom is -0.497 e. The summed E-state index contributed by atoms with van der Waals surface area (Å²) in [5, 5.41) is 0. The molecule has 2 rings (SSSR count). The van der Waals surface area contributed by atoms with Crippen molar-refractivity contribution in [3.63, 3.8) is 0 Å². The maximum absolute atomic E-state index is 5.76. The summed E-state index contributed by atoms with van der Waals surface area (Å²) in [7, 11) is 1.70. The van der Waals surface area contributed by atoms with Crippen LogP contribution >= 0.6 is 0 Å². The standard InChI is InChI=1S/C15H23NO2/c1-14(2,7-8-16)15(10-18-11-15)12-5-4-6-13(9-12)17-3/h4-6,9H,7-8,10-11,16H2,1-3H3. The number of ether oxygens (including phenoxy) is 2. The second kappa shape index (κ2) is 4.90. The summed E-state index contributed by atoms with van der Waals surface area (Å²) in [6, 6.07) is 8.32. The molecule has 1 aliphatic rings. The SMILES string of the molecule is COc1cccc(C2(C(C)(C)CCN)COC2)c1. The summed E-state index contributed by atoms with van der Waals surface area (Å²) in [6.07, 6.45) is 0.994. The first-order chi connectivity index (χ1) is 8.55. The molecule has 0 spiro atoms. The summed E-state index contributed by atoms with van der Waals surface area (Å²) < 4.78 is 10.8. The lowest BCUT2D eigenvalue weighted by atomic mass is 9.59. The number of benzene rings is 1. The lowest BCUT2D eigenvalue weighted by Crippen LogP contribution is -2.57. The van der Waals surface area contributed by atoms with Gasteiger partial charge in [0.1, 0.15) is 5.75 Å². The highest BCUT2D eigenvalue weighted by atomic mass is 16.5. The monoisotopic (exact) mass is 249 g/mol. The van der Waals surface area contributed by atoms with Crippen molar-refractivity contribution in [2.45, 2.75) is 25.7 Å². The van der Waals surface area contributed by atoms with E-state index in [1.54, 1.807) is 7.11 Å². The van der Waals surface area contributed by atoms with Gasteiger partial charge in [0, 0.05) is 5.41 Å². The van der Waals surface area contributed by atoms with Gasteiger partial charge in [0.15, 0.2) is 0 Å². The molecule has 1 aromatic rings. The van der Waals surface area contributed by atoms with E-state index in [-0.39, 0.29) is 10.8 Å². The third-order valence-electron chi connectivity index (χ3n) is 4.38. The van der Waals surface area contributed by atoms with E-state index in [0.29, 0.717) is 6.54 Å². The van der Waals surface area contributed by atoms with Crippen molar-refractivity contribution in [3.8, 4) is 5.75 Å². The molecule has 0 unspecified atom stereocenters. The number of hydrogen-bond acceptors (Lipinski definition) is 3. The molecule has 0 radical (unpaired) electrons. The van der Waals surface area contributed by atoms with E-state index >= 15 is 0 Å². The fourth-order valence-electron chi connectivity index (χ4n) is 2.78. The molecule has 100 valence electrons. The predicted molar refractivity (Wildman–Crippen MR) is 72.9 cm³/mol. The first kappa shape index (κ1) is 13.4. The molecule has 18 heavy (non-hydrogen) atoms. The van der Waals surface area contributed by atoms with Crippen molar-refractivity contribution in [2.75, 3.05) is 26.9 Å². The number of methoxy groups -OCH3 is 1. The van der Waals surface area contributed by atoms with Gasteiger partial charge in [-0.05, 0) is 36.1 Å². The maximum atomic E-state index is 5.76. The Kier molecular flexibility index (Phi) is 3.64. The van der Waals surface area contributed by atoms with Crippen LogP contribution in [-0.4, -0.2) is 26.9 Å². The Hall–Kier alpha value is -1.06. The van der Waals surface area contributed by atoms with Crippen LogP contribution in [0.4, 0.5) is 0 Å². The summed E-state index contributed by atoms with van der Waals surface area (Å²) in [5.41, 5.74) is 7.26. The molecular weight excluding hydrogens is 226 g/mol. The minimum atomic E-state index is 0.0703. The molecule has 0 aliphatic carbocycles. The smallest absolute Gasteiger partial charge is 0.119 e. The fourth-order valence-corrected chi connectivity index (χ4v) is 2.78. The van der Waals surface area contributed by atoms with Crippen molar-refractivity contribution in [3.05, 3.63) is 29.8 Å². The molecule has 0 saturated carbocycles. The minimum absolute atomic E-state index is 0.0703. The number of rotatable bonds is 5. The normalized spacial score (nSPS) is 18.2. The molecule has 0 bridgehead atoms.